The molecule has 12 fully saturated rings. The zero-order valence-corrected chi connectivity index (χ0v) is 78.9. The molecule has 672 valence electrons. The third kappa shape index (κ3) is 12.6. The van der Waals surface area contributed by atoms with Gasteiger partial charge in [0.15, 0.2) is 0 Å². The van der Waals surface area contributed by atoms with Gasteiger partial charge < -0.3 is 14.7 Å². The fourth-order valence-corrected chi connectivity index (χ4v) is 32.5. The highest BCUT2D eigenvalue weighted by molar-refractivity contribution is 6.19. The van der Waals surface area contributed by atoms with E-state index in [2.05, 4.69) is 445 Å². The molecule has 0 N–H and O–H groups in total. The smallest absolute Gasteiger partial charge is 0.0546 e. The van der Waals surface area contributed by atoms with Crippen molar-refractivity contribution in [2.24, 2.45) is 71.0 Å². The predicted octanol–water partition coefficient (Wildman–Crippen LogP) is 36.3. The number of rotatable bonds is 12. The number of hydrogen-bond acceptors (Lipinski definition) is 3. The normalized spacial score (nSPS) is 25.1. The average Bonchev–Trinajstić information content (AvgIpc) is 1.52. The first-order valence-electron chi connectivity index (χ1n) is 52.3. The summed E-state index contributed by atoms with van der Waals surface area (Å²) in [6, 6.07) is 162. The molecule has 19 aromatic rings. The Hall–Kier alpha value is -14.4. The van der Waals surface area contributed by atoms with Crippen molar-refractivity contribution in [3.05, 3.63) is 464 Å². The van der Waals surface area contributed by atoms with Crippen LogP contribution in [-0.2, 0) is 16.2 Å². The zero-order chi connectivity index (χ0) is 91.2. The van der Waals surface area contributed by atoms with Crippen molar-refractivity contribution < 1.29 is 0 Å². The topological polar surface area (TPSA) is 9.72 Å². The minimum atomic E-state index is 0.109. The van der Waals surface area contributed by atoms with Gasteiger partial charge in [-0.05, 0) is 385 Å². The molecule has 0 saturated heterocycles. The summed E-state index contributed by atoms with van der Waals surface area (Å²) in [5.74, 6) is 10.1. The highest BCUT2D eigenvalue weighted by atomic mass is 15.2. The van der Waals surface area contributed by atoms with E-state index in [0.29, 0.717) is 0 Å². The lowest BCUT2D eigenvalue weighted by molar-refractivity contribution is -0.0399. The molecule has 3 spiro atoms. The molecule has 12 bridgehead atoms. The van der Waals surface area contributed by atoms with Gasteiger partial charge in [0.2, 0.25) is 0 Å². The minimum Gasteiger partial charge on any atom is -0.310 e. The van der Waals surface area contributed by atoms with Crippen LogP contribution < -0.4 is 14.7 Å². The van der Waals surface area contributed by atoms with Gasteiger partial charge >= 0.3 is 0 Å². The van der Waals surface area contributed by atoms with Gasteiger partial charge in [0.1, 0.15) is 0 Å². The van der Waals surface area contributed by atoms with E-state index < -0.39 is 0 Å². The first kappa shape index (κ1) is 81.8. The van der Waals surface area contributed by atoms with Crippen molar-refractivity contribution in [1.29, 1.82) is 0 Å². The Morgan fingerprint density at radius 1 is 0.151 bits per heavy atom. The number of fused-ring (bicyclic) bond motifs is 15. The van der Waals surface area contributed by atoms with Crippen LogP contribution >= 0.6 is 0 Å². The first-order valence-corrected chi connectivity index (χ1v) is 52.3. The van der Waals surface area contributed by atoms with E-state index in [0.717, 1.165) is 71.0 Å². The molecule has 0 atom stereocenters. The van der Waals surface area contributed by atoms with Crippen LogP contribution in [0.5, 0.6) is 0 Å². The van der Waals surface area contributed by atoms with E-state index in [1.807, 2.05) is 0 Å². The molecule has 0 aliphatic heterocycles. The molecular formula is C136H113N3. The number of anilines is 9. The van der Waals surface area contributed by atoms with Gasteiger partial charge in [0.25, 0.3) is 0 Å². The van der Waals surface area contributed by atoms with Gasteiger partial charge in [-0.15, -0.1) is 0 Å². The Bertz CT molecular complexity index is 7850. The van der Waals surface area contributed by atoms with Crippen molar-refractivity contribution >= 4 is 94.3 Å². The van der Waals surface area contributed by atoms with Crippen LogP contribution in [0.2, 0.25) is 0 Å². The fraction of sp³-hybridized carbons (Fsp3) is 0.221. The highest BCUT2D eigenvalue weighted by Gasteiger charge is 2.65. The molecule has 34 rings (SSSR count). The third-order valence-electron chi connectivity index (χ3n) is 37.1. The van der Waals surface area contributed by atoms with Gasteiger partial charge in [0.05, 0.1) is 17.1 Å². The molecule has 3 nitrogen and oxygen atoms in total. The first-order chi connectivity index (χ1) is 68.8. The molecule has 0 unspecified atom stereocenters. The van der Waals surface area contributed by atoms with Crippen molar-refractivity contribution in [3.8, 4) is 66.8 Å². The zero-order valence-electron chi connectivity index (χ0n) is 78.9. The summed E-state index contributed by atoms with van der Waals surface area (Å²) < 4.78 is 0. The van der Waals surface area contributed by atoms with Crippen LogP contribution in [0.15, 0.2) is 431 Å². The summed E-state index contributed by atoms with van der Waals surface area (Å²) in [7, 11) is 0. The lowest BCUT2D eigenvalue weighted by Gasteiger charge is -2.61. The van der Waals surface area contributed by atoms with Gasteiger partial charge in [-0.3, -0.25) is 0 Å². The summed E-state index contributed by atoms with van der Waals surface area (Å²) in [5.41, 5.74) is 37.4. The van der Waals surface area contributed by atoms with Crippen molar-refractivity contribution in [2.45, 2.75) is 113 Å². The monoisotopic (exact) mass is 1790 g/mol. The quantitative estimate of drug-likeness (QED) is 0.113. The summed E-state index contributed by atoms with van der Waals surface area (Å²) in [6.07, 6.45) is 21.2. The van der Waals surface area contributed by atoms with Crippen LogP contribution in [0.1, 0.15) is 130 Å². The lowest BCUT2D eigenvalue weighted by atomic mass is 9.43. The summed E-state index contributed by atoms with van der Waals surface area (Å²) >= 11 is 0. The van der Waals surface area contributed by atoms with E-state index >= 15 is 0 Å². The fourth-order valence-electron chi connectivity index (χ4n) is 32.5. The molecule has 15 aliphatic carbocycles. The summed E-state index contributed by atoms with van der Waals surface area (Å²) in [4.78, 5) is 7.60. The molecule has 139 heavy (non-hydrogen) atoms. The molecule has 19 aromatic carbocycles. The van der Waals surface area contributed by atoms with Crippen LogP contribution in [0.3, 0.4) is 0 Å². The number of para-hydroxylation sites is 2. The molecule has 12 saturated carbocycles. The standard InChI is InChI=1S/C50H39N.C46H39N.C40H35N/c1-3-13-38-33(11-1)28-48(44-18-7-5-15-40(38)44)51(49-29-34-12-2-4-14-39(34)41-16-6-8-19-45(41)49)37-21-22-43-42-17-9-10-20-46(42)50(47(43)30-37)35-24-31-23-32(26-35)27-36(50)25-31;1-3-11-33(12-4-1)34-19-21-38(22-20-34)47(45-18-10-8-15-40(45)35-13-5-2-6-14-35)39-23-24-42-41-16-7-9-17-43(41)46(44(42)30-39)36-26-31-25-32(28-36)29-37(46)27-31;1-3-9-29(10-4-1)30-15-17-34(18-16-30)41(33-11-5-2-6-12-33)35-19-20-37-36-13-7-8-14-38(36)40(39(37)26-35)31-22-27-21-28(24-31)25-32(40)23-27/h1-22,28-32,35-36H,23-27H2;1-24,30-32,36-37H,25-29H2;1-20,26-28,31-32H,21-25H2. The largest absolute Gasteiger partial charge is 0.310 e. The van der Waals surface area contributed by atoms with Gasteiger partial charge in [-0.2, -0.15) is 0 Å². The Labute approximate surface area is 817 Å². The van der Waals surface area contributed by atoms with E-state index in [4.69, 9.17) is 0 Å². The second-order valence-electron chi connectivity index (χ2n) is 43.7. The van der Waals surface area contributed by atoms with Crippen molar-refractivity contribution in [1.82, 2.24) is 0 Å². The molecule has 0 heterocycles. The number of nitrogens with zero attached hydrogens (tertiary/aromatic N) is 3. The second kappa shape index (κ2) is 32.4. The minimum absolute atomic E-state index is 0.109. The second-order valence-corrected chi connectivity index (χ2v) is 43.7. The van der Waals surface area contributed by atoms with Crippen LogP contribution in [0.25, 0.3) is 110 Å². The average molecular weight is 1790 g/mol. The molecule has 0 amide bonds. The molecule has 15 aliphatic rings. The number of hydrogen-bond donors (Lipinski definition) is 0. The van der Waals surface area contributed by atoms with Crippen molar-refractivity contribution in [3.63, 3.8) is 0 Å². The maximum Gasteiger partial charge on any atom is 0.0546 e. The Balaban J connectivity index is 0.000000101. The lowest BCUT2D eigenvalue weighted by Crippen LogP contribution is -2.55. The van der Waals surface area contributed by atoms with E-state index in [1.165, 1.54) is 257 Å². The van der Waals surface area contributed by atoms with Gasteiger partial charge in [0, 0.05) is 66.7 Å². The Kier molecular flexibility index (Phi) is 19.0. The molecule has 0 aromatic heterocycles. The third-order valence-corrected chi connectivity index (χ3v) is 37.1. The highest BCUT2D eigenvalue weighted by Crippen LogP contribution is 2.74. The van der Waals surface area contributed by atoms with Gasteiger partial charge in [-0.1, -0.05) is 340 Å². The van der Waals surface area contributed by atoms with Crippen molar-refractivity contribution in [2.75, 3.05) is 14.7 Å². The summed E-state index contributed by atoms with van der Waals surface area (Å²) in [6.45, 7) is 0. The van der Waals surface area contributed by atoms with E-state index in [9.17, 15) is 0 Å². The molecule has 0 radical (unpaired) electrons. The van der Waals surface area contributed by atoms with Gasteiger partial charge in [-0.25, -0.2) is 0 Å². The maximum absolute atomic E-state index is 2.66. The number of benzene rings is 19. The predicted molar refractivity (Wildman–Crippen MR) is 579 cm³/mol. The van der Waals surface area contributed by atoms with E-state index in [-0.39, 0.29) is 16.2 Å². The molecule has 3 heteroatoms. The maximum atomic E-state index is 2.66. The Morgan fingerprint density at radius 2 is 0.410 bits per heavy atom. The van der Waals surface area contributed by atoms with Crippen LogP contribution in [0.4, 0.5) is 51.2 Å². The van der Waals surface area contributed by atoms with Crippen LogP contribution in [-0.4, -0.2) is 0 Å². The summed E-state index contributed by atoms with van der Waals surface area (Å²) in [5, 5.41) is 10.3. The van der Waals surface area contributed by atoms with E-state index in [1.54, 1.807) is 33.4 Å². The Morgan fingerprint density at radius 3 is 0.791 bits per heavy atom. The van der Waals surface area contributed by atoms with Crippen LogP contribution in [0, 0.1) is 71.0 Å². The SMILES string of the molecule is c1ccc(-c2ccc(N(c3ccc4c(c3)C3(c5ccccc5-4)C4CC5CC(C4)CC3C5)c3ccccc3-c3ccccc3)cc2)cc1.c1ccc(-c2ccc(N(c3ccccc3)c3ccc4c(c3)C3(c5ccccc5-4)C4CC5CC(C4)CC3C5)cc2)cc1.c1ccc2c(c1)-c1ccc(N(c3cc4ccccc4c4ccccc34)c3cc4ccccc4c4ccccc34)cc1C21C2CC3CC(C2)CC1C3. The molecular weight excluding hydrogens is 1680 g/mol.